The first-order valence-electron chi connectivity index (χ1n) is 14.9. The second kappa shape index (κ2) is 14.6. The van der Waals surface area contributed by atoms with Gasteiger partial charge in [-0.05, 0) is 56.4 Å². The van der Waals surface area contributed by atoms with Crippen molar-refractivity contribution in [1.29, 1.82) is 0 Å². The third kappa shape index (κ3) is 7.86. The summed E-state index contributed by atoms with van der Waals surface area (Å²) in [6.45, 7) is 7.24. The fraction of sp³-hybridized carbons (Fsp3) is 0.412. The molecule has 5 N–H and O–H groups in total. The average Bonchev–Trinajstić information content (AvgIpc) is 3.01. The van der Waals surface area contributed by atoms with E-state index in [2.05, 4.69) is 5.32 Å². The van der Waals surface area contributed by atoms with Crippen LogP contribution in [-0.2, 0) is 25.4 Å². The van der Waals surface area contributed by atoms with Crippen molar-refractivity contribution in [1.82, 2.24) is 9.97 Å². The number of hydrogen-bond acceptors (Lipinski definition) is 9. The maximum absolute atomic E-state index is 13.3. The van der Waals surface area contributed by atoms with Crippen molar-refractivity contribution in [3.63, 3.8) is 0 Å². The molecule has 3 aromatic rings. The van der Waals surface area contributed by atoms with E-state index in [1.165, 1.54) is 7.11 Å². The van der Waals surface area contributed by atoms with Crippen molar-refractivity contribution < 1.29 is 34.0 Å². The number of methoxy groups -OCH3 is 2. The molecule has 1 aromatic heterocycles. The highest BCUT2D eigenvalue weighted by Crippen LogP contribution is 2.37. The summed E-state index contributed by atoms with van der Waals surface area (Å²) in [6, 6.07) is 9.08. The zero-order valence-electron chi connectivity index (χ0n) is 26.5. The van der Waals surface area contributed by atoms with Crippen LogP contribution < -0.4 is 11.1 Å². The molecule has 0 fully saturated rings. The number of phenols is 1. The van der Waals surface area contributed by atoms with Crippen LogP contribution in [0.25, 0.3) is 22.1 Å². The van der Waals surface area contributed by atoms with Gasteiger partial charge in [-0.25, -0.2) is 14.8 Å². The minimum Gasteiger partial charge on any atom is -0.505 e. The van der Waals surface area contributed by atoms with Crippen molar-refractivity contribution in [3.8, 4) is 5.75 Å². The van der Waals surface area contributed by atoms with E-state index in [1.54, 1.807) is 51.3 Å². The number of rotatable bonds is 3. The quantitative estimate of drug-likeness (QED) is 0.180. The van der Waals surface area contributed by atoms with Gasteiger partial charge < -0.3 is 35.5 Å². The molecule has 240 valence electrons. The van der Waals surface area contributed by atoms with Crippen LogP contribution in [-0.4, -0.2) is 70.8 Å². The van der Waals surface area contributed by atoms with Gasteiger partial charge in [0.1, 0.15) is 11.9 Å². The Morgan fingerprint density at radius 2 is 1.76 bits per heavy atom. The molecule has 1 aliphatic heterocycles. The summed E-state index contributed by atoms with van der Waals surface area (Å²) in [5, 5.41) is 25.7. The lowest BCUT2D eigenvalue weighted by atomic mass is 9.87. The van der Waals surface area contributed by atoms with Gasteiger partial charge in [0.15, 0.2) is 6.10 Å². The van der Waals surface area contributed by atoms with E-state index in [0.29, 0.717) is 51.6 Å². The van der Waals surface area contributed by atoms with Gasteiger partial charge in [-0.2, -0.15) is 0 Å². The van der Waals surface area contributed by atoms with E-state index >= 15 is 0 Å². The highest BCUT2D eigenvalue weighted by molar-refractivity contribution is 6.06. The number of phenolic OH excluding ortho intramolecular Hbond substituents is 1. The highest BCUT2D eigenvalue weighted by Gasteiger charge is 2.30. The summed E-state index contributed by atoms with van der Waals surface area (Å²) in [5.74, 6) is -1.03. The number of amides is 2. The molecule has 0 aliphatic carbocycles. The fourth-order valence-electron chi connectivity index (χ4n) is 5.71. The number of nitrogens with zero attached hydrogens (tertiary/aromatic N) is 2. The first-order chi connectivity index (χ1) is 21.4. The molecular weight excluding hydrogens is 576 g/mol. The van der Waals surface area contributed by atoms with E-state index in [-0.39, 0.29) is 17.4 Å². The number of primary amides is 1. The number of aliphatic hydroxyl groups excluding tert-OH is 1. The summed E-state index contributed by atoms with van der Waals surface area (Å²) in [5.41, 5.74) is 9.51. The monoisotopic (exact) mass is 618 g/mol. The molecule has 0 unspecified atom stereocenters. The molecule has 2 heterocycles. The number of carbonyl (C=O) groups excluding carboxylic acids is 2. The zero-order chi connectivity index (χ0) is 32.8. The van der Waals surface area contributed by atoms with Crippen LogP contribution in [0.1, 0.15) is 39.7 Å². The Kier molecular flexibility index (Phi) is 10.9. The molecule has 2 amide bonds. The lowest BCUT2D eigenvalue weighted by Crippen LogP contribution is -2.37. The molecule has 0 saturated carbocycles. The van der Waals surface area contributed by atoms with Crippen LogP contribution in [0.2, 0.25) is 0 Å². The number of aromatic nitrogens is 2. The van der Waals surface area contributed by atoms with Gasteiger partial charge in [-0.3, -0.25) is 4.79 Å². The van der Waals surface area contributed by atoms with Gasteiger partial charge in [0, 0.05) is 31.3 Å². The molecule has 0 saturated heterocycles. The minimum absolute atomic E-state index is 0.0908. The number of allylic oxidation sites excluding steroid dienone is 2. The maximum Gasteiger partial charge on any atom is 0.405 e. The largest absolute Gasteiger partial charge is 0.505 e. The van der Waals surface area contributed by atoms with Crippen molar-refractivity contribution in [2.75, 3.05) is 19.5 Å². The Hall–Kier alpha value is -4.32. The number of carbonyl (C=O) groups is 2. The number of fused-ring (bicyclic) bond motifs is 5. The molecule has 6 atom stereocenters. The lowest BCUT2D eigenvalue weighted by Gasteiger charge is -2.29. The Labute approximate surface area is 262 Å². The zero-order valence-corrected chi connectivity index (χ0v) is 26.5. The smallest absolute Gasteiger partial charge is 0.405 e. The second-order valence-corrected chi connectivity index (χ2v) is 11.7. The van der Waals surface area contributed by atoms with Crippen molar-refractivity contribution in [3.05, 3.63) is 71.3 Å². The number of ether oxygens (including phenoxy) is 3. The molecule has 11 nitrogen and oxygen atoms in total. The van der Waals surface area contributed by atoms with Crippen LogP contribution in [0.15, 0.2) is 65.8 Å². The highest BCUT2D eigenvalue weighted by atomic mass is 16.6. The third-order valence-electron chi connectivity index (χ3n) is 8.16. The molecule has 0 radical (unpaired) electrons. The normalized spacial score (nSPS) is 28.5. The number of benzene rings is 2. The predicted molar refractivity (Wildman–Crippen MR) is 173 cm³/mol. The lowest BCUT2D eigenvalue weighted by molar-refractivity contribution is -0.112. The van der Waals surface area contributed by atoms with Gasteiger partial charge in [0.05, 0.1) is 40.0 Å². The third-order valence-corrected chi connectivity index (χ3v) is 8.16. The molecule has 11 heteroatoms. The molecule has 1 aliphatic rings. The maximum atomic E-state index is 13.3. The summed E-state index contributed by atoms with van der Waals surface area (Å²) < 4.78 is 16.8. The molecule has 2 bridgehead atoms. The summed E-state index contributed by atoms with van der Waals surface area (Å²) in [7, 11) is 3.01. The molecule has 4 rings (SSSR count). The van der Waals surface area contributed by atoms with E-state index in [4.69, 9.17) is 29.9 Å². The number of para-hydroxylation sites is 2. The number of aromatic hydroxyl groups is 1. The standard InChI is InChI=1S/C34H42N4O7/c1-18-14-22-29-25(36-23-11-7-8-12-24(23)37-29)17-26(31(22)40)38-33(41)19(2)10-9-13-27(43-5)32(45-34(35)42)21(4)16-20(3)30(39)28(15-18)44-6/h7-13,16-18,20,27-28,30,32,39-40H,14-15H2,1-6H3,(H2,35,42)(H,38,41)/b13-9-,19-10+,21-16+/t18-,20+,27+,28+,30-,32+/m1/s1. The summed E-state index contributed by atoms with van der Waals surface area (Å²) >= 11 is 0. The molecule has 2 aromatic carbocycles. The van der Waals surface area contributed by atoms with Gasteiger partial charge in [-0.1, -0.05) is 50.3 Å². The van der Waals surface area contributed by atoms with Crippen LogP contribution in [0.4, 0.5) is 10.5 Å². The van der Waals surface area contributed by atoms with Gasteiger partial charge in [-0.15, -0.1) is 0 Å². The van der Waals surface area contributed by atoms with Crippen LogP contribution in [0.5, 0.6) is 5.75 Å². The Bertz CT molecular complexity index is 1650. The summed E-state index contributed by atoms with van der Waals surface area (Å²) in [4.78, 5) is 34.7. The topological polar surface area (TPSA) is 166 Å². The molecule has 45 heavy (non-hydrogen) atoms. The van der Waals surface area contributed by atoms with Crippen molar-refractivity contribution in [2.45, 2.75) is 65.0 Å². The first kappa shape index (κ1) is 33.6. The molecular formula is C34H42N4O7. The van der Waals surface area contributed by atoms with Gasteiger partial charge >= 0.3 is 6.09 Å². The number of nitrogens with one attached hydrogen (secondary N) is 1. The van der Waals surface area contributed by atoms with Crippen LogP contribution in [0, 0.1) is 11.8 Å². The van der Waals surface area contributed by atoms with Crippen LogP contribution in [0.3, 0.4) is 0 Å². The Morgan fingerprint density at radius 1 is 1.07 bits per heavy atom. The van der Waals surface area contributed by atoms with Gasteiger partial charge in [0.2, 0.25) is 0 Å². The summed E-state index contributed by atoms with van der Waals surface area (Å²) in [6.07, 6.45) is 3.38. The minimum atomic E-state index is -0.977. The van der Waals surface area contributed by atoms with E-state index < -0.39 is 42.3 Å². The Balaban J connectivity index is 1.85. The van der Waals surface area contributed by atoms with E-state index in [0.717, 1.165) is 0 Å². The number of aliphatic hydroxyl groups is 1. The number of hydrogen-bond donors (Lipinski definition) is 4. The fourth-order valence-corrected chi connectivity index (χ4v) is 5.71. The van der Waals surface area contributed by atoms with E-state index in [9.17, 15) is 19.8 Å². The number of anilines is 1. The van der Waals surface area contributed by atoms with Crippen molar-refractivity contribution >= 4 is 39.8 Å². The SMILES string of the molecule is CO[C@H]1/C=C\C=C(/C)C(=O)Nc2cc3nc4ccccc4nc3c(c2O)C[C@@H](C)C[C@H](OC)[C@H](O)[C@@H](C)/C=C(\C)[C@@H]1OC(N)=O. The van der Waals surface area contributed by atoms with Crippen molar-refractivity contribution in [2.24, 2.45) is 17.6 Å². The Morgan fingerprint density at radius 3 is 2.40 bits per heavy atom. The number of nitrogens with two attached hydrogens (primary N) is 1. The molecule has 0 spiro atoms. The van der Waals surface area contributed by atoms with Gasteiger partial charge in [0.25, 0.3) is 5.91 Å². The van der Waals surface area contributed by atoms with E-state index in [1.807, 2.05) is 38.1 Å². The second-order valence-electron chi connectivity index (χ2n) is 11.7. The van der Waals surface area contributed by atoms with Crippen LogP contribution >= 0.6 is 0 Å². The average molecular weight is 619 g/mol. The predicted octanol–water partition coefficient (Wildman–Crippen LogP) is 4.95. The first-order valence-corrected chi connectivity index (χ1v) is 14.9.